The number of hydrogen-bond acceptors (Lipinski definition) is 4. The van der Waals surface area contributed by atoms with Gasteiger partial charge in [-0.25, -0.2) is 9.98 Å². The van der Waals surface area contributed by atoms with E-state index in [-0.39, 0.29) is 11.4 Å². The Bertz CT molecular complexity index is 662. The van der Waals surface area contributed by atoms with Crippen molar-refractivity contribution in [2.24, 2.45) is 4.99 Å². The van der Waals surface area contributed by atoms with E-state index in [0.29, 0.717) is 24.5 Å². The highest BCUT2D eigenvalue weighted by Gasteiger charge is 2.38. The number of allylic oxidation sites excluding steroid dienone is 1. The van der Waals surface area contributed by atoms with Crippen LogP contribution in [0.4, 0.5) is 0 Å². The minimum atomic E-state index is -0.0866. The predicted octanol–water partition coefficient (Wildman–Crippen LogP) is 2.41. The minimum absolute atomic E-state index is 0.0858. The smallest absolute Gasteiger partial charge is 0.251 e. The third-order valence-corrected chi connectivity index (χ3v) is 4.25. The van der Waals surface area contributed by atoms with Gasteiger partial charge in [-0.05, 0) is 47.3 Å². The van der Waals surface area contributed by atoms with Crippen molar-refractivity contribution in [1.82, 2.24) is 20.2 Å². The summed E-state index contributed by atoms with van der Waals surface area (Å²) < 4.78 is 1.93. The molecule has 0 atom stereocenters. The maximum Gasteiger partial charge on any atom is 0.251 e. The van der Waals surface area contributed by atoms with Crippen LogP contribution >= 0.6 is 0 Å². The summed E-state index contributed by atoms with van der Waals surface area (Å²) in [7, 11) is 0. The van der Waals surface area contributed by atoms with Gasteiger partial charge >= 0.3 is 0 Å². The van der Waals surface area contributed by atoms with Gasteiger partial charge in [0.1, 0.15) is 5.82 Å². The van der Waals surface area contributed by atoms with E-state index in [1.807, 2.05) is 31.5 Å². The average Bonchev–Trinajstić information content (AvgIpc) is 3.03. The van der Waals surface area contributed by atoms with E-state index in [2.05, 4.69) is 34.3 Å². The Labute approximate surface area is 143 Å². The number of nitrogens with one attached hydrogen (secondary N) is 2. The van der Waals surface area contributed by atoms with Gasteiger partial charge in [0.15, 0.2) is 0 Å². The van der Waals surface area contributed by atoms with Gasteiger partial charge in [0, 0.05) is 42.2 Å². The summed E-state index contributed by atoms with van der Waals surface area (Å²) in [5.41, 5.74) is 2.54. The average molecular weight is 329 g/mol. The minimum Gasteiger partial charge on any atom is -0.365 e. The zero-order chi connectivity index (χ0) is 17.7. The number of aromatic nitrogens is 2. The summed E-state index contributed by atoms with van der Waals surface area (Å²) in [6, 6.07) is 0. The first-order valence-corrected chi connectivity index (χ1v) is 8.24. The number of hydrogen-bond donors (Lipinski definition) is 2. The molecule has 1 aromatic heterocycles. The van der Waals surface area contributed by atoms with Crippen LogP contribution in [-0.2, 0) is 11.3 Å². The molecule has 24 heavy (non-hydrogen) atoms. The number of imidazole rings is 1. The standard InChI is InChI=1S/C18H27N5O/c1-13(2)15(14(3)16(19-5)22-18(4)6-7-18)17(24)21-9-11-23-10-8-20-12-23/h8,10,12,22H,5-7,9,11H2,1-4H3,(H,21,24)/b16-14-. The summed E-state index contributed by atoms with van der Waals surface area (Å²) in [6.45, 7) is 12.8. The van der Waals surface area contributed by atoms with Gasteiger partial charge in [0.25, 0.3) is 5.91 Å². The Morgan fingerprint density at radius 2 is 2.08 bits per heavy atom. The first kappa shape index (κ1) is 18.0. The third-order valence-electron chi connectivity index (χ3n) is 4.25. The summed E-state index contributed by atoms with van der Waals surface area (Å²) in [5, 5.41) is 6.38. The van der Waals surface area contributed by atoms with Crippen LogP contribution in [0.5, 0.6) is 0 Å². The second kappa shape index (κ2) is 7.47. The van der Waals surface area contributed by atoms with E-state index in [9.17, 15) is 4.79 Å². The number of amides is 1. The molecule has 0 radical (unpaired) electrons. The molecule has 2 rings (SSSR count). The lowest BCUT2D eigenvalue weighted by atomic mass is 10.0. The number of carbonyl (C=O) groups excluding carboxylic acids is 1. The molecule has 1 amide bonds. The van der Waals surface area contributed by atoms with E-state index in [1.54, 1.807) is 12.5 Å². The number of rotatable bonds is 8. The predicted molar refractivity (Wildman–Crippen MR) is 96.6 cm³/mol. The van der Waals surface area contributed by atoms with Crippen molar-refractivity contribution in [1.29, 1.82) is 0 Å². The molecule has 1 aliphatic rings. The van der Waals surface area contributed by atoms with Gasteiger partial charge in [-0.2, -0.15) is 0 Å². The summed E-state index contributed by atoms with van der Waals surface area (Å²) in [6.07, 6.45) is 7.56. The van der Waals surface area contributed by atoms with Crippen molar-refractivity contribution in [3.8, 4) is 0 Å². The molecule has 6 heteroatoms. The van der Waals surface area contributed by atoms with E-state index in [4.69, 9.17) is 0 Å². The van der Waals surface area contributed by atoms with Crippen molar-refractivity contribution < 1.29 is 4.79 Å². The first-order chi connectivity index (χ1) is 11.4. The second-order valence-electron chi connectivity index (χ2n) is 6.75. The first-order valence-electron chi connectivity index (χ1n) is 8.24. The molecule has 0 spiro atoms. The third kappa shape index (κ3) is 4.57. The van der Waals surface area contributed by atoms with Crippen LogP contribution in [0.2, 0.25) is 0 Å². The van der Waals surface area contributed by atoms with Gasteiger partial charge in [-0.3, -0.25) is 4.79 Å². The van der Waals surface area contributed by atoms with E-state index in [0.717, 1.165) is 24.0 Å². The molecular formula is C18H27N5O. The highest BCUT2D eigenvalue weighted by molar-refractivity contribution is 5.98. The lowest BCUT2D eigenvalue weighted by molar-refractivity contribution is -0.117. The largest absolute Gasteiger partial charge is 0.365 e. The molecule has 1 fully saturated rings. The summed E-state index contributed by atoms with van der Waals surface area (Å²) in [5.74, 6) is 0.604. The quantitative estimate of drug-likeness (QED) is 0.437. The normalized spacial score (nSPS) is 16.0. The van der Waals surface area contributed by atoms with Crippen LogP contribution < -0.4 is 10.6 Å². The molecule has 1 heterocycles. The monoisotopic (exact) mass is 329 g/mol. The molecular weight excluding hydrogens is 302 g/mol. The molecule has 6 nitrogen and oxygen atoms in total. The molecule has 0 bridgehead atoms. The fourth-order valence-corrected chi connectivity index (χ4v) is 2.55. The Balaban J connectivity index is 2.08. The van der Waals surface area contributed by atoms with Crippen molar-refractivity contribution >= 4 is 12.6 Å². The van der Waals surface area contributed by atoms with Crippen molar-refractivity contribution in [2.45, 2.75) is 52.6 Å². The van der Waals surface area contributed by atoms with Crippen LogP contribution in [-0.4, -0.2) is 34.3 Å². The van der Waals surface area contributed by atoms with Crippen LogP contribution in [0.15, 0.2) is 46.3 Å². The molecule has 0 saturated heterocycles. The highest BCUT2D eigenvalue weighted by atomic mass is 16.1. The number of nitrogens with zero attached hydrogens (tertiary/aromatic N) is 3. The van der Waals surface area contributed by atoms with E-state index >= 15 is 0 Å². The van der Waals surface area contributed by atoms with Crippen LogP contribution in [0.25, 0.3) is 0 Å². The molecule has 1 aliphatic carbocycles. The molecule has 2 N–H and O–H groups in total. The summed E-state index contributed by atoms with van der Waals surface area (Å²) >= 11 is 0. The molecule has 0 unspecified atom stereocenters. The SMILES string of the molecule is C=N/C(NC1(C)CC1)=C(\C)C(C(=O)NCCn1ccnc1)=C(C)C. The molecule has 0 aliphatic heterocycles. The highest BCUT2D eigenvalue weighted by Crippen LogP contribution is 2.36. The molecule has 1 saturated carbocycles. The second-order valence-corrected chi connectivity index (χ2v) is 6.75. The molecule has 130 valence electrons. The Kier molecular flexibility index (Phi) is 5.59. The number of carbonyl (C=O) groups is 1. The zero-order valence-corrected chi connectivity index (χ0v) is 15.0. The topological polar surface area (TPSA) is 71.3 Å². The Hall–Kier alpha value is -2.37. The maximum atomic E-state index is 12.6. The van der Waals surface area contributed by atoms with Gasteiger partial charge in [0.2, 0.25) is 0 Å². The van der Waals surface area contributed by atoms with Crippen molar-refractivity contribution in [2.75, 3.05) is 6.54 Å². The van der Waals surface area contributed by atoms with Gasteiger partial charge < -0.3 is 15.2 Å². The maximum absolute atomic E-state index is 12.6. The lowest BCUT2D eigenvalue weighted by Crippen LogP contribution is -2.31. The Morgan fingerprint density at radius 3 is 2.58 bits per heavy atom. The lowest BCUT2D eigenvalue weighted by Gasteiger charge is -2.18. The zero-order valence-electron chi connectivity index (χ0n) is 15.0. The van der Waals surface area contributed by atoms with E-state index in [1.165, 1.54) is 0 Å². The van der Waals surface area contributed by atoms with Gasteiger partial charge in [0.05, 0.1) is 6.33 Å². The molecule has 0 aromatic carbocycles. The van der Waals surface area contributed by atoms with E-state index < -0.39 is 0 Å². The van der Waals surface area contributed by atoms with Gasteiger partial charge in [-0.1, -0.05) is 5.57 Å². The number of aliphatic imine (C=N–C) groups is 1. The molecule has 1 aromatic rings. The van der Waals surface area contributed by atoms with Crippen molar-refractivity contribution in [3.63, 3.8) is 0 Å². The van der Waals surface area contributed by atoms with Crippen LogP contribution in [0.1, 0.15) is 40.5 Å². The van der Waals surface area contributed by atoms with Gasteiger partial charge in [-0.15, -0.1) is 0 Å². The van der Waals surface area contributed by atoms with Crippen LogP contribution in [0.3, 0.4) is 0 Å². The fraction of sp³-hybridized carbons (Fsp3) is 0.500. The summed E-state index contributed by atoms with van der Waals surface area (Å²) in [4.78, 5) is 20.7. The fourth-order valence-electron chi connectivity index (χ4n) is 2.55. The Morgan fingerprint density at radius 1 is 1.38 bits per heavy atom. The van der Waals surface area contributed by atoms with Crippen LogP contribution in [0, 0.1) is 0 Å². The van der Waals surface area contributed by atoms with Crippen molar-refractivity contribution in [3.05, 3.63) is 41.3 Å².